The quantitative estimate of drug-likeness (QED) is 0.850. The lowest BCUT2D eigenvalue weighted by Gasteiger charge is -2.37. The summed E-state index contributed by atoms with van der Waals surface area (Å²) in [7, 11) is 0. The van der Waals surface area contributed by atoms with Crippen LogP contribution in [-0.2, 0) is 16.1 Å². The summed E-state index contributed by atoms with van der Waals surface area (Å²) >= 11 is 0. The molecule has 24 heavy (non-hydrogen) atoms. The van der Waals surface area contributed by atoms with Crippen molar-refractivity contribution in [3.05, 3.63) is 35.9 Å². The lowest BCUT2D eigenvalue weighted by molar-refractivity contribution is -0.145. The summed E-state index contributed by atoms with van der Waals surface area (Å²) in [5, 5.41) is 0. The molecule has 1 aliphatic heterocycles. The van der Waals surface area contributed by atoms with Gasteiger partial charge in [-0.05, 0) is 25.3 Å². The van der Waals surface area contributed by atoms with Crippen molar-refractivity contribution in [1.29, 1.82) is 0 Å². The minimum absolute atomic E-state index is 0.0753. The minimum atomic E-state index is -0.389. The van der Waals surface area contributed by atoms with E-state index in [0.29, 0.717) is 19.6 Å². The highest BCUT2D eigenvalue weighted by Crippen LogP contribution is 2.25. The number of hydrogen-bond acceptors (Lipinski definition) is 2. The minimum Gasteiger partial charge on any atom is -0.341 e. The van der Waals surface area contributed by atoms with Crippen LogP contribution in [0.2, 0.25) is 0 Å². The first-order chi connectivity index (χ1) is 11.3. The Hall–Kier alpha value is -1.84. The van der Waals surface area contributed by atoms with Crippen molar-refractivity contribution in [2.75, 3.05) is 19.6 Å². The molecule has 0 saturated carbocycles. The molecule has 132 valence electrons. The fraction of sp³-hybridized carbons (Fsp3) is 0.600. The van der Waals surface area contributed by atoms with Crippen LogP contribution in [0.25, 0.3) is 0 Å². The molecule has 1 aromatic rings. The first-order valence-electron chi connectivity index (χ1n) is 8.95. The predicted molar refractivity (Wildman–Crippen MR) is 96.3 cm³/mol. The number of nitrogens with zero attached hydrogens (tertiary/aromatic N) is 2. The Kier molecular flexibility index (Phi) is 6.03. The van der Waals surface area contributed by atoms with Crippen molar-refractivity contribution in [1.82, 2.24) is 9.80 Å². The van der Waals surface area contributed by atoms with Crippen molar-refractivity contribution >= 4 is 11.8 Å². The Morgan fingerprint density at radius 3 is 2.46 bits per heavy atom. The van der Waals surface area contributed by atoms with Crippen molar-refractivity contribution in [2.45, 2.75) is 47.1 Å². The number of piperidine rings is 1. The average molecular weight is 330 g/mol. The Morgan fingerprint density at radius 1 is 1.21 bits per heavy atom. The third kappa shape index (κ3) is 4.59. The molecule has 4 nitrogen and oxygen atoms in total. The van der Waals surface area contributed by atoms with Crippen LogP contribution in [0.15, 0.2) is 30.3 Å². The Labute approximate surface area is 145 Å². The van der Waals surface area contributed by atoms with Crippen molar-refractivity contribution in [3.8, 4) is 0 Å². The number of benzene rings is 1. The van der Waals surface area contributed by atoms with Gasteiger partial charge in [0.15, 0.2) is 0 Å². The van der Waals surface area contributed by atoms with E-state index in [1.165, 1.54) is 0 Å². The van der Waals surface area contributed by atoms with Gasteiger partial charge in [0.25, 0.3) is 0 Å². The zero-order valence-electron chi connectivity index (χ0n) is 15.4. The van der Waals surface area contributed by atoms with Crippen molar-refractivity contribution < 1.29 is 9.59 Å². The zero-order valence-corrected chi connectivity index (χ0v) is 15.4. The number of likely N-dealkylation sites (tertiary alicyclic amines) is 1. The van der Waals surface area contributed by atoms with Crippen molar-refractivity contribution in [3.63, 3.8) is 0 Å². The molecule has 1 saturated heterocycles. The van der Waals surface area contributed by atoms with E-state index < -0.39 is 0 Å². The van der Waals surface area contributed by atoms with E-state index in [1.807, 2.05) is 67.8 Å². The van der Waals surface area contributed by atoms with Crippen molar-refractivity contribution in [2.24, 2.45) is 11.3 Å². The maximum absolute atomic E-state index is 12.9. The molecular weight excluding hydrogens is 300 g/mol. The van der Waals surface area contributed by atoms with Gasteiger partial charge in [-0.1, -0.05) is 51.1 Å². The van der Waals surface area contributed by atoms with E-state index >= 15 is 0 Å². The van der Waals surface area contributed by atoms with E-state index in [-0.39, 0.29) is 23.1 Å². The molecule has 0 radical (unpaired) electrons. The summed E-state index contributed by atoms with van der Waals surface area (Å²) in [5.74, 6) is 0.243. The molecule has 1 heterocycles. The zero-order chi connectivity index (χ0) is 17.7. The molecule has 2 rings (SSSR count). The van der Waals surface area contributed by atoms with Gasteiger partial charge in [-0.25, -0.2) is 0 Å². The summed E-state index contributed by atoms with van der Waals surface area (Å²) < 4.78 is 0. The molecule has 0 aliphatic carbocycles. The molecule has 1 aliphatic rings. The molecule has 0 bridgehead atoms. The standard InChI is InChI=1S/C20H30N2O2/c1-5-21(14-16-10-7-6-8-11-16)18(23)17-12-9-13-22(15-17)19(24)20(2,3)4/h6-8,10-11,17H,5,9,12-15H2,1-4H3. The molecule has 1 fully saturated rings. The lowest BCUT2D eigenvalue weighted by atomic mass is 9.90. The van der Waals surface area contributed by atoms with E-state index in [1.54, 1.807) is 0 Å². The Bertz CT molecular complexity index is 563. The molecule has 4 heteroatoms. The fourth-order valence-electron chi connectivity index (χ4n) is 3.25. The number of hydrogen-bond donors (Lipinski definition) is 0. The number of carbonyl (C=O) groups excluding carboxylic acids is 2. The lowest BCUT2D eigenvalue weighted by Crippen LogP contribution is -2.49. The third-order valence-electron chi connectivity index (χ3n) is 4.61. The predicted octanol–water partition coefficient (Wildman–Crippen LogP) is 3.32. The first kappa shape index (κ1) is 18.5. The molecule has 0 aromatic heterocycles. The summed E-state index contributed by atoms with van der Waals surface area (Å²) in [6.45, 7) is 10.5. The van der Waals surface area contributed by atoms with Crippen LogP contribution in [0.1, 0.15) is 46.1 Å². The van der Waals surface area contributed by atoms with Gasteiger partial charge in [0.1, 0.15) is 0 Å². The van der Waals surface area contributed by atoms with Gasteiger partial charge in [0, 0.05) is 31.6 Å². The van der Waals surface area contributed by atoms with Crippen LogP contribution in [-0.4, -0.2) is 41.2 Å². The van der Waals surface area contributed by atoms with Gasteiger partial charge >= 0.3 is 0 Å². The highest BCUT2D eigenvalue weighted by molar-refractivity contribution is 5.84. The van der Waals surface area contributed by atoms with E-state index in [4.69, 9.17) is 0 Å². The largest absolute Gasteiger partial charge is 0.341 e. The Morgan fingerprint density at radius 2 is 1.88 bits per heavy atom. The van der Waals surface area contributed by atoms with Gasteiger partial charge in [-0.3, -0.25) is 9.59 Å². The van der Waals surface area contributed by atoms with E-state index in [2.05, 4.69) is 0 Å². The smallest absolute Gasteiger partial charge is 0.227 e. The fourth-order valence-corrected chi connectivity index (χ4v) is 3.25. The van der Waals surface area contributed by atoms with E-state index in [0.717, 1.165) is 24.9 Å². The monoisotopic (exact) mass is 330 g/mol. The van der Waals surface area contributed by atoms with Gasteiger partial charge in [0.05, 0.1) is 5.92 Å². The molecule has 0 spiro atoms. The highest BCUT2D eigenvalue weighted by Gasteiger charge is 2.34. The molecule has 1 aromatic carbocycles. The summed E-state index contributed by atoms with van der Waals surface area (Å²) in [5.41, 5.74) is 0.755. The molecule has 1 atom stereocenters. The average Bonchev–Trinajstić information content (AvgIpc) is 2.58. The van der Waals surface area contributed by atoms with Gasteiger partial charge in [-0.15, -0.1) is 0 Å². The number of carbonyl (C=O) groups is 2. The van der Waals surface area contributed by atoms with Gasteiger partial charge in [0.2, 0.25) is 11.8 Å². The number of amides is 2. The first-order valence-corrected chi connectivity index (χ1v) is 8.95. The molecule has 0 N–H and O–H groups in total. The van der Waals surface area contributed by atoms with Crippen LogP contribution in [0, 0.1) is 11.3 Å². The van der Waals surface area contributed by atoms with Crippen LogP contribution < -0.4 is 0 Å². The maximum Gasteiger partial charge on any atom is 0.227 e. The van der Waals surface area contributed by atoms with Crippen LogP contribution in [0.4, 0.5) is 0 Å². The maximum atomic E-state index is 12.9. The Balaban J connectivity index is 2.03. The summed E-state index contributed by atoms with van der Waals surface area (Å²) in [6, 6.07) is 10.1. The second kappa shape index (κ2) is 7.82. The molecule has 1 unspecified atom stereocenters. The molecular formula is C20H30N2O2. The number of rotatable bonds is 4. The van der Waals surface area contributed by atoms with Crippen LogP contribution >= 0.6 is 0 Å². The normalized spacial score (nSPS) is 18.3. The van der Waals surface area contributed by atoms with Gasteiger partial charge < -0.3 is 9.80 Å². The van der Waals surface area contributed by atoms with E-state index in [9.17, 15) is 9.59 Å². The third-order valence-corrected chi connectivity index (χ3v) is 4.61. The topological polar surface area (TPSA) is 40.6 Å². The second-order valence-electron chi connectivity index (χ2n) is 7.68. The second-order valence-corrected chi connectivity index (χ2v) is 7.68. The SMILES string of the molecule is CCN(Cc1ccccc1)C(=O)C1CCCN(C(=O)C(C)(C)C)C1. The summed E-state index contributed by atoms with van der Waals surface area (Å²) in [4.78, 5) is 29.2. The van der Waals surface area contributed by atoms with Crippen LogP contribution in [0.5, 0.6) is 0 Å². The molecule has 2 amide bonds. The van der Waals surface area contributed by atoms with Gasteiger partial charge in [-0.2, -0.15) is 0 Å². The highest BCUT2D eigenvalue weighted by atomic mass is 16.2. The van der Waals surface area contributed by atoms with Crippen LogP contribution in [0.3, 0.4) is 0 Å². The summed E-state index contributed by atoms with van der Waals surface area (Å²) in [6.07, 6.45) is 1.78.